The van der Waals surface area contributed by atoms with Crippen molar-refractivity contribution in [2.75, 3.05) is 39.3 Å². The van der Waals surface area contributed by atoms with E-state index in [1.165, 1.54) is 69.5 Å². The van der Waals surface area contributed by atoms with Crippen molar-refractivity contribution in [3.8, 4) is 0 Å². The standard InChI is InChI=1S/C24H42N2O/c1-6-26(7-2)17-8-15-25-16-13-23(21-11-9-20(3)10-12-21)22-14-18-27-24(4,5)19-22/h9-12,22-23,25H,6-8,13-19H2,1-5H3/p+2/t22-,23+/m0/s1. The fourth-order valence-corrected chi connectivity index (χ4v) is 4.65. The van der Waals surface area contributed by atoms with E-state index in [9.17, 15) is 0 Å². The second-order valence-corrected chi connectivity index (χ2v) is 9.09. The molecule has 0 bridgehead atoms. The Bertz CT molecular complexity index is 522. The summed E-state index contributed by atoms with van der Waals surface area (Å²) in [6.45, 7) is 18.5. The van der Waals surface area contributed by atoms with Crippen LogP contribution >= 0.6 is 0 Å². The van der Waals surface area contributed by atoms with Crippen molar-refractivity contribution in [3.63, 3.8) is 0 Å². The van der Waals surface area contributed by atoms with E-state index in [0.717, 1.165) is 12.5 Å². The maximum absolute atomic E-state index is 5.99. The van der Waals surface area contributed by atoms with Gasteiger partial charge in [-0.05, 0) is 64.9 Å². The lowest BCUT2D eigenvalue weighted by molar-refractivity contribution is -0.898. The number of rotatable bonds is 11. The molecule has 3 heteroatoms. The third-order valence-corrected chi connectivity index (χ3v) is 6.43. The van der Waals surface area contributed by atoms with Gasteiger partial charge in [-0.2, -0.15) is 0 Å². The summed E-state index contributed by atoms with van der Waals surface area (Å²) in [5.41, 5.74) is 2.92. The Kier molecular flexibility index (Phi) is 9.28. The van der Waals surface area contributed by atoms with Crippen LogP contribution in [0.5, 0.6) is 0 Å². The van der Waals surface area contributed by atoms with Crippen LogP contribution in [0.2, 0.25) is 0 Å². The zero-order chi connectivity index (χ0) is 19.7. The van der Waals surface area contributed by atoms with Crippen LogP contribution in [0.15, 0.2) is 24.3 Å². The number of quaternary nitrogens is 2. The van der Waals surface area contributed by atoms with E-state index >= 15 is 0 Å². The van der Waals surface area contributed by atoms with E-state index in [2.05, 4.69) is 64.2 Å². The smallest absolute Gasteiger partial charge is 0.0825 e. The number of ether oxygens (including phenoxy) is 1. The van der Waals surface area contributed by atoms with Gasteiger partial charge in [-0.3, -0.25) is 0 Å². The maximum atomic E-state index is 5.99. The number of aryl methyl sites for hydroxylation is 1. The minimum atomic E-state index is 0.0299. The predicted octanol–water partition coefficient (Wildman–Crippen LogP) is 2.55. The molecule has 27 heavy (non-hydrogen) atoms. The molecule has 1 aromatic rings. The summed E-state index contributed by atoms with van der Waals surface area (Å²) in [6.07, 6.45) is 4.99. The summed E-state index contributed by atoms with van der Waals surface area (Å²) in [4.78, 5) is 1.73. The average Bonchev–Trinajstić information content (AvgIpc) is 2.64. The molecule has 0 unspecified atom stereocenters. The Hall–Kier alpha value is -0.900. The largest absolute Gasteiger partial charge is 0.376 e. The maximum Gasteiger partial charge on any atom is 0.0825 e. The lowest BCUT2D eigenvalue weighted by atomic mass is 9.75. The van der Waals surface area contributed by atoms with Crippen LogP contribution in [0, 0.1) is 12.8 Å². The molecular formula is C24H44N2O+2. The molecule has 3 N–H and O–H groups in total. The van der Waals surface area contributed by atoms with Crippen molar-refractivity contribution in [1.29, 1.82) is 0 Å². The topological polar surface area (TPSA) is 30.3 Å². The van der Waals surface area contributed by atoms with Crippen molar-refractivity contribution in [1.82, 2.24) is 0 Å². The number of hydrogen-bond donors (Lipinski definition) is 2. The fraction of sp³-hybridized carbons (Fsp3) is 0.750. The fourth-order valence-electron chi connectivity index (χ4n) is 4.65. The number of benzene rings is 1. The molecule has 0 aromatic heterocycles. The van der Waals surface area contributed by atoms with E-state index < -0.39 is 0 Å². The van der Waals surface area contributed by atoms with E-state index in [4.69, 9.17) is 4.74 Å². The van der Waals surface area contributed by atoms with Gasteiger partial charge < -0.3 is 15.0 Å². The minimum absolute atomic E-state index is 0.0299. The summed E-state index contributed by atoms with van der Waals surface area (Å²) >= 11 is 0. The van der Waals surface area contributed by atoms with Crippen LogP contribution in [0.25, 0.3) is 0 Å². The molecule has 2 atom stereocenters. The SMILES string of the molecule is CC[NH+](CC)CCC[NH2+]CC[C@H](c1ccc(C)cc1)[C@H]1CCOC(C)(C)C1. The lowest BCUT2D eigenvalue weighted by Crippen LogP contribution is -3.11. The number of nitrogens with two attached hydrogens (primary N) is 1. The van der Waals surface area contributed by atoms with Gasteiger partial charge >= 0.3 is 0 Å². The summed E-state index contributed by atoms with van der Waals surface area (Å²) in [5.74, 6) is 1.41. The number of nitrogens with one attached hydrogen (secondary N) is 1. The average molecular weight is 377 g/mol. The normalized spacial score (nSPS) is 20.7. The molecule has 1 fully saturated rings. The molecule has 0 spiro atoms. The van der Waals surface area contributed by atoms with Gasteiger partial charge in [0.15, 0.2) is 0 Å². The third-order valence-electron chi connectivity index (χ3n) is 6.43. The molecule has 0 saturated carbocycles. The van der Waals surface area contributed by atoms with Gasteiger partial charge in [0, 0.05) is 19.4 Å². The Morgan fingerprint density at radius 1 is 1.15 bits per heavy atom. The third kappa shape index (κ3) is 7.56. The first-order chi connectivity index (χ1) is 12.9. The first-order valence-corrected chi connectivity index (χ1v) is 11.3. The second-order valence-electron chi connectivity index (χ2n) is 9.09. The van der Waals surface area contributed by atoms with Crippen molar-refractivity contribution in [2.24, 2.45) is 5.92 Å². The van der Waals surface area contributed by atoms with Crippen molar-refractivity contribution >= 4 is 0 Å². The van der Waals surface area contributed by atoms with E-state index in [1.807, 2.05) is 0 Å². The first kappa shape index (κ1) is 22.4. The van der Waals surface area contributed by atoms with E-state index in [1.54, 1.807) is 4.90 Å². The highest BCUT2D eigenvalue weighted by Gasteiger charge is 2.34. The molecule has 0 radical (unpaired) electrons. The Balaban J connectivity index is 1.88. The Morgan fingerprint density at radius 3 is 2.48 bits per heavy atom. The molecule has 2 rings (SSSR count). The monoisotopic (exact) mass is 376 g/mol. The Labute approximate surface area is 167 Å². The highest BCUT2D eigenvalue weighted by molar-refractivity contribution is 5.25. The number of hydrogen-bond acceptors (Lipinski definition) is 1. The molecule has 3 nitrogen and oxygen atoms in total. The molecule has 1 aliphatic heterocycles. The molecular weight excluding hydrogens is 332 g/mol. The van der Waals surface area contributed by atoms with Crippen LogP contribution in [0.1, 0.15) is 70.4 Å². The van der Waals surface area contributed by atoms with Gasteiger partial charge in [-0.25, -0.2) is 0 Å². The van der Waals surface area contributed by atoms with Crippen LogP contribution in [-0.4, -0.2) is 44.9 Å². The highest BCUT2D eigenvalue weighted by Crippen LogP contribution is 2.39. The van der Waals surface area contributed by atoms with Crippen LogP contribution < -0.4 is 10.2 Å². The van der Waals surface area contributed by atoms with E-state index in [-0.39, 0.29) is 5.60 Å². The van der Waals surface area contributed by atoms with Crippen molar-refractivity contribution in [3.05, 3.63) is 35.4 Å². The molecule has 0 amide bonds. The molecule has 1 heterocycles. The predicted molar refractivity (Wildman–Crippen MR) is 114 cm³/mol. The van der Waals surface area contributed by atoms with Gasteiger partial charge in [-0.1, -0.05) is 29.8 Å². The van der Waals surface area contributed by atoms with Gasteiger partial charge in [0.05, 0.1) is 38.3 Å². The molecule has 1 aromatic carbocycles. The van der Waals surface area contributed by atoms with Crippen molar-refractivity contribution < 1.29 is 15.0 Å². The Morgan fingerprint density at radius 2 is 1.85 bits per heavy atom. The molecule has 154 valence electrons. The zero-order valence-electron chi connectivity index (χ0n) is 18.5. The summed E-state index contributed by atoms with van der Waals surface area (Å²) in [6, 6.07) is 9.30. The lowest BCUT2D eigenvalue weighted by Gasteiger charge is -2.39. The first-order valence-electron chi connectivity index (χ1n) is 11.3. The second kappa shape index (κ2) is 11.2. The zero-order valence-corrected chi connectivity index (χ0v) is 18.5. The molecule has 1 aliphatic rings. The highest BCUT2D eigenvalue weighted by atomic mass is 16.5. The summed E-state index contributed by atoms with van der Waals surface area (Å²) in [7, 11) is 0. The van der Waals surface area contributed by atoms with Crippen LogP contribution in [0.3, 0.4) is 0 Å². The molecule has 1 saturated heterocycles. The summed E-state index contributed by atoms with van der Waals surface area (Å²) < 4.78 is 5.99. The van der Waals surface area contributed by atoms with E-state index in [0.29, 0.717) is 5.92 Å². The summed E-state index contributed by atoms with van der Waals surface area (Å²) in [5, 5.41) is 2.55. The van der Waals surface area contributed by atoms with Gasteiger partial charge in [0.25, 0.3) is 0 Å². The molecule has 0 aliphatic carbocycles. The van der Waals surface area contributed by atoms with Crippen molar-refractivity contribution in [2.45, 2.75) is 71.8 Å². The van der Waals surface area contributed by atoms with Gasteiger partial charge in [0.1, 0.15) is 0 Å². The minimum Gasteiger partial charge on any atom is -0.376 e. The van der Waals surface area contributed by atoms with Gasteiger partial charge in [-0.15, -0.1) is 0 Å². The van der Waals surface area contributed by atoms with Crippen LogP contribution in [-0.2, 0) is 4.74 Å². The van der Waals surface area contributed by atoms with Crippen LogP contribution in [0.4, 0.5) is 0 Å². The quantitative estimate of drug-likeness (QED) is 0.571. The van der Waals surface area contributed by atoms with Gasteiger partial charge in [0.2, 0.25) is 0 Å².